The van der Waals surface area contributed by atoms with Gasteiger partial charge in [0.2, 0.25) is 0 Å². The molecule has 6 nitrogen and oxygen atoms in total. The van der Waals surface area contributed by atoms with Gasteiger partial charge in [-0.2, -0.15) is 0 Å². The summed E-state index contributed by atoms with van der Waals surface area (Å²) in [6.07, 6.45) is 1.99. The highest BCUT2D eigenvalue weighted by Crippen LogP contribution is 2.46. The fourth-order valence-corrected chi connectivity index (χ4v) is 3.95. The van der Waals surface area contributed by atoms with Crippen molar-refractivity contribution in [3.63, 3.8) is 0 Å². The molecule has 1 heterocycles. The number of nitrogens with zero attached hydrogens (tertiary/aromatic N) is 1. The van der Waals surface area contributed by atoms with Gasteiger partial charge in [-0.1, -0.05) is 26.8 Å². The predicted octanol–water partition coefficient (Wildman–Crippen LogP) is 3.00. The second-order valence-corrected chi connectivity index (χ2v) is 9.24. The van der Waals surface area contributed by atoms with E-state index in [1.54, 1.807) is 7.11 Å². The van der Waals surface area contributed by atoms with Crippen molar-refractivity contribution in [2.75, 3.05) is 33.4 Å². The number of hydrogen-bond acceptors (Lipinski definition) is 6. The lowest BCUT2D eigenvalue weighted by molar-refractivity contribution is -0.121. The van der Waals surface area contributed by atoms with Crippen LogP contribution < -0.4 is 14.9 Å². The van der Waals surface area contributed by atoms with Crippen molar-refractivity contribution in [3.05, 3.63) is 23.8 Å². The summed E-state index contributed by atoms with van der Waals surface area (Å²) in [5.41, 5.74) is 4.06. The SMILES string of the molecule is COc1ccc([C@@H]2CN(NCC(=O)C(C)C)C[C@@]2(C)[C@@H](C)O)cc1OCC1CC1. The summed E-state index contributed by atoms with van der Waals surface area (Å²) in [7, 11) is 1.66. The van der Waals surface area contributed by atoms with Gasteiger partial charge in [-0.25, -0.2) is 10.4 Å². The summed E-state index contributed by atoms with van der Waals surface area (Å²) in [5.74, 6) is 2.48. The molecule has 29 heavy (non-hydrogen) atoms. The van der Waals surface area contributed by atoms with Crippen molar-refractivity contribution in [1.82, 2.24) is 10.4 Å². The summed E-state index contributed by atoms with van der Waals surface area (Å²) >= 11 is 0. The van der Waals surface area contributed by atoms with Crippen molar-refractivity contribution in [3.8, 4) is 11.5 Å². The van der Waals surface area contributed by atoms with E-state index in [-0.39, 0.29) is 23.0 Å². The number of ketones is 1. The molecule has 0 spiro atoms. The molecular formula is C23H36N2O4. The van der Waals surface area contributed by atoms with Crippen LogP contribution in [0.3, 0.4) is 0 Å². The third-order valence-electron chi connectivity index (χ3n) is 6.57. The molecule has 2 fully saturated rings. The van der Waals surface area contributed by atoms with Crippen molar-refractivity contribution in [1.29, 1.82) is 0 Å². The molecule has 2 N–H and O–H groups in total. The third-order valence-corrected chi connectivity index (χ3v) is 6.57. The number of carbonyl (C=O) groups excluding carboxylic acids is 1. The van der Waals surface area contributed by atoms with E-state index in [0.29, 0.717) is 19.0 Å². The van der Waals surface area contributed by atoms with E-state index in [1.165, 1.54) is 12.8 Å². The fraction of sp³-hybridized carbons (Fsp3) is 0.696. The zero-order valence-electron chi connectivity index (χ0n) is 18.4. The number of carbonyl (C=O) groups is 1. The molecule has 0 unspecified atom stereocenters. The molecule has 1 aliphatic heterocycles. The Balaban J connectivity index is 1.78. The highest BCUT2D eigenvalue weighted by molar-refractivity contribution is 5.82. The standard InChI is InChI=1S/C23H36N2O4/c1-15(2)20(27)11-24-25-12-19(23(4,14-25)16(3)26)18-8-9-21(28-5)22(10-18)29-13-17-6-7-17/h8-10,15-17,19,24,26H,6-7,11-14H2,1-5H3/t16-,19+,23+/m1/s1. The monoisotopic (exact) mass is 404 g/mol. The van der Waals surface area contributed by atoms with Crippen LogP contribution in [0.2, 0.25) is 0 Å². The quantitative estimate of drug-likeness (QED) is 0.625. The van der Waals surface area contributed by atoms with Crippen LogP contribution in [0.25, 0.3) is 0 Å². The zero-order valence-corrected chi connectivity index (χ0v) is 18.4. The van der Waals surface area contributed by atoms with Crippen LogP contribution in [0.1, 0.15) is 52.0 Å². The Morgan fingerprint density at radius 1 is 1.31 bits per heavy atom. The van der Waals surface area contributed by atoms with Crippen LogP contribution in [-0.2, 0) is 4.79 Å². The van der Waals surface area contributed by atoms with Crippen molar-refractivity contribution < 1.29 is 19.4 Å². The number of hydrazine groups is 1. The Kier molecular flexibility index (Phi) is 6.87. The number of aliphatic hydroxyl groups is 1. The molecule has 3 atom stereocenters. The average molecular weight is 405 g/mol. The maximum absolute atomic E-state index is 12.0. The lowest BCUT2D eigenvalue weighted by atomic mass is 9.72. The average Bonchev–Trinajstić information content (AvgIpc) is 3.45. The zero-order chi connectivity index (χ0) is 21.2. The molecule has 1 aromatic carbocycles. The van der Waals surface area contributed by atoms with Gasteiger partial charge >= 0.3 is 0 Å². The van der Waals surface area contributed by atoms with E-state index in [1.807, 2.05) is 26.8 Å². The summed E-state index contributed by atoms with van der Waals surface area (Å²) in [4.78, 5) is 12.0. The summed E-state index contributed by atoms with van der Waals surface area (Å²) < 4.78 is 11.5. The highest BCUT2D eigenvalue weighted by atomic mass is 16.5. The van der Waals surface area contributed by atoms with Gasteiger partial charge in [-0.15, -0.1) is 0 Å². The molecule has 1 aromatic rings. The molecule has 1 aliphatic carbocycles. The van der Waals surface area contributed by atoms with Crippen molar-refractivity contribution in [2.45, 2.75) is 52.6 Å². The van der Waals surface area contributed by atoms with E-state index in [2.05, 4.69) is 29.5 Å². The Labute approximate surface area is 174 Å². The predicted molar refractivity (Wildman–Crippen MR) is 113 cm³/mol. The first-order valence-electron chi connectivity index (χ1n) is 10.7. The van der Waals surface area contributed by atoms with Gasteiger partial charge in [0, 0.05) is 30.3 Å². The molecule has 3 rings (SSSR count). The van der Waals surface area contributed by atoms with Crippen LogP contribution in [0.15, 0.2) is 18.2 Å². The van der Waals surface area contributed by atoms with Gasteiger partial charge in [-0.05, 0) is 43.4 Å². The first-order chi connectivity index (χ1) is 13.7. The normalized spacial score (nSPS) is 26.0. The van der Waals surface area contributed by atoms with Gasteiger partial charge in [0.25, 0.3) is 0 Å². The Bertz CT molecular complexity index is 717. The maximum Gasteiger partial charge on any atom is 0.161 e. The largest absolute Gasteiger partial charge is 0.493 e. The van der Waals surface area contributed by atoms with Crippen LogP contribution in [-0.4, -0.2) is 55.4 Å². The minimum atomic E-state index is -0.488. The van der Waals surface area contributed by atoms with E-state index in [0.717, 1.165) is 30.2 Å². The molecule has 1 saturated carbocycles. The second kappa shape index (κ2) is 9.02. The van der Waals surface area contributed by atoms with Gasteiger partial charge in [0.1, 0.15) is 0 Å². The number of rotatable bonds is 10. The number of Topliss-reactive ketones (excluding diaryl/α,β-unsaturated/α-hetero) is 1. The third kappa shape index (κ3) is 5.11. The van der Waals surface area contributed by atoms with Crippen LogP contribution >= 0.6 is 0 Å². The number of nitrogens with one attached hydrogen (secondary N) is 1. The molecule has 1 saturated heterocycles. The van der Waals surface area contributed by atoms with Gasteiger partial charge in [0.05, 0.1) is 26.4 Å². The number of methoxy groups -OCH3 is 1. The molecule has 2 aliphatic rings. The minimum absolute atomic E-state index is 0.0109. The number of benzene rings is 1. The van der Waals surface area contributed by atoms with Gasteiger partial charge in [-0.3, -0.25) is 4.79 Å². The molecular weight excluding hydrogens is 368 g/mol. The lowest BCUT2D eigenvalue weighted by Gasteiger charge is -2.34. The maximum atomic E-state index is 12.0. The first-order valence-corrected chi connectivity index (χ1v) is 10.7. The molecule has 0 aromatic heterocycles. The minimum Gasteiger partial charge on any atom is -0.493 e. The fourth-order valence-electron chi connectivity index (χ4n) is 3.95. The molecule has 0 amide bonds. The Hall–Kier alpha value is -1.63. The van der Waals surface area contributed by atoms with Gasteiger partial charge < -0.3 is 14.6 Å². The summed E-state index contributed by atoms with van der Waals surface area (Å²) in [6.45, 7) is 10.2. The van der Waals surface area contributed by atoms with E-state index < -0.39 is 6.10 Å². The molecule has 0 bridgehead atoms. The van der Waals surface area contributed by atoms with E-state index in [4.69, 9.17) is 9.47 Å². The second-order valence-electron chi connectivity index (χ2n) is 9.24. The number of hydrogen-bond donors (Lipinski definition) is 2. The molecule has 6 heteroatoms. The Morgan fingerprint density at radius 2 is 2.03 bits per heavy atom. The van der Waals surface area contributed by atoms with E-state index >= 15 is 0 Å². The summed E-state index contributed by atoms with van der Waals surface area (Å²) in [6, 6.07) is 6.09. The van der Waals surface area contributed by atoms with Crippen LogP contribution in [0, 0.1) is 17.3 Å². The van der Waals surface area contributed by atoms with Crippen molar-refractivity contribution >= 4 is 5.78 Å². The molecule has 162 valence electrons. The van der Waals surface area contributed by atoms with Gasteiger partial charge in [0.15, 0.2) is 17.3 Å². The van der Waals surface area contributed by atoms with Crippen LogP contribution in [0.4, 0.5) is 0 Å². The number of ether oxygens (including phenoxy) is 2. The summed E-state index contributed by atoms with van der Waals surface area (Å²) in [5, 5.41) is 12.7. The van der Waals surface area contributed by atoms with Crippen molar-refractivity contribution in [2.24, 2.45) is 17.3 Å². The van der Waals surface area contributed by atoms with Crippen LogP contribution in [0.5, 0.6) is 11.5 Å². The topological polar surface area (TPSA) is 71.0 Å². The Morgan fingerprint density at radius 3 is 2.62 bits per heavy atom. The highest BCUT2D eigenvalue weighted by Gasteiger charge is 2.47. The smallest absolute Gasteiger partial charge is 0.161 e. The first kappa shape index (κ1) is 22.1. The lowest BCUT2D eigenvalue weighted by Crippen LogP contribution is -2.43. The number of aliphatic hydroxyl groups excluding tert-OH is 1. The molecule has 0 radical (unpaired) electrons. The van der Waals surface area contributed by atoms with E-state index in [9.17, 15) is 9.90 Å².